The molecule has 0 bridgehead atoms. The molecule has 14 nitrogen and oxygen atoms in total. The number of alkyl carbamates (subject to hydrolysis) is 1. The van der Waals surface area contributed by atoms with E-state index < -0.39 is 34.9 Å². The summed E-state index contributed by atoms with van der Waals surface area (Å²) in [6.45, 7) is 0.663. The maximum absolute atomic E-state index is 13.2. The molecule has 0 saturated heterocycles. The molecule has 2 rings (SSSR count). The molecule has 0 aliphatic carbocycles. The van der Waals surface area contributed by atoms with Crippen molar-refractivity contribution in [3.05, 3.63) is 70.3 Å². The quantitative estimate of drug-likeness (QED) is 0.0525. The van der Waals surface area contributed by atoms with Gasteiger partial charge in [0.15, 0.2) is 5.96 Å². The van der Waals surface area contributed by atoms with Gasteiger partial charge in [-0.15, -0.1) is 24.8 Å². The first-order valence-corrected chi connectivity index (χ1v) is 12.8. The third-order valence-electron chi connectivity index (χ3n) is 5.69. The fourth-order valence-corrected chi connectivity index (χ4v) is 3.61. The first-order chi connectivity index (χ1) is 19.2. The first-order valence-electron chi connectivity index (χ1n) is 12.8. The number of nitrogens with zero attached hydrogens (tertiary/aromatic N) is 2. The van der Waals surface area contributed by atoms with E-state index in [2.05, 4.69) is 20.9 Å². The number of carbonyl (C=O) groups is 3. The molecule has 9 N–H and O–H groups in total. The lowest BCUT2D eigenvalue weighted by atomic mass is 10.1. The van der Waals surface area contributed by atoms with Gasteiger partial charge < -0.3 is 37.9 Å². The number of nitro benzene ring substituents is 1. The summed E-state index contributed by atoms with van der Waals surface area (Å²) in [5.41, 5.74) is 17.3. The van der Waals surface area contributed by atoms with Crippen molar-refractivity contribution in [2.24, 2.45) is 22.2 Å². The summed E-state index contributed by atoms with van der Waals surface area (Å²) >= 11 is 0. The van der Waals surface area contributed by atoms with Crippen LogP contribution in [0, 0.1) is 10.1 Å². The fourth-order valence-electron chi connectivity index (χ4n) is 3.61. The number of non-ortho nitro benzene ring substituents is 1. The van der Waals surface area contributed by atoms with Crippen molar-refractivity contribution in [2.45, 2.75) is 50.8 Å². The van der Waals surface area contributed by atoms with Crippen molar-refractivity contribution in [1.82, 2.24) is 10.6 Å². The fraction of sp³-hybridized carbons (Fsp3) is 0.385. The Morgan fingerprint density at radius 3 is 2.10 bits per heavy atom. The Morgan fingerprint density at radius 2 is 1.50 bits per heavy atom. The molecule has 232 valence electrons. The van der Waals surface area contributed by atoms with Crippen LogP contribution < -0.4 is 33.2 Å². The highest BCUT2D eigenvalue weighted by Crippen LogP contribution is 2.16. The number of halogens is 2. The van der Waals surface area contributed by atoms with Crippen LogP contribution in [-0.4, -0.2) is 54.0 Å². The molecular weight excluding hydrogens is 591 g/mol. The van der Waals surface area contributed by atoms with Crippen molar-refractivity contribution in [2.75, 3.05) is 18.4 Å². The number of hydrogen-bond donors (Lipinski definition) is 6. The second-order valence-electron chi connectivity index (χ2n) is 8.85. The Balaban J connectivity index is 0.00000840. The molecule has 2 atom stereocenters. The highest BCUT2D eigenvalue weighted by atomic mass is 35.5. The number of benzene rings is 2. The van der Waals surface area contributed by atoms with Gasteiger partial charge in [0.25, 0.3) is 5.69 Å². The Labute approximate surface area is 256 Å². The van der Waals surface area contributed by atoms with Crippen LogP contribution in [0.5, 0.6) is 0 Å². The van der Waals surface area contributed by atoms with Gasteiger partial charge in [-0.25, -0.2) is 4.79 Å². The minimum absolute atomic E-state index is 0. The Hall–Kier alpha value is -4.14. The average Bonchev–Trinajstić information content (AvgIpc) is 2.93. The molecule has 0 aliphatic rings. The van der Waals surface area contributed by atoms with E-state index >= 15 is 0 Å². The summed E-state index contributed by atoms with van der Waals surface area (Å²) in [5, 5.41) is 18.8. The number of aliphatic imine (C=N–C) groups is 1. The zero-order valence-electron chi connectivity index (χ0n) is 22.9. The summed E-state index contributed by atoms with van der Waals surface area (Å²) in [4.78, 5) is 53.0. The van der Waals surface area contributed by atoms with Crippen LogP contribution in [0.15, 0.2) is 59.6 Å². The highest BCUT2D eigenvalue weighted by molar-refractivity contribution is 5.98. The molecule has 2 aromatic carbocycles. The summed E-state index contributed by atoms with van der Waals surface area (Å²) in [6.07, 6.45) is 1.21. The second-order valence-corrected chi connectivity index (χ2v) is 8.85. The van der Waals surface area contributed by atoms with Crippen LogP contribution in [-0.2, 0) is 20.9 Å². The number of nitro groups is 1. The molecular formula is C26H38Cl2N8O6. The standard InChI is InChI=1S/C26H36N8O6.2ClH/c27-15-5-4-9-22(33-26(37)40-17-18-7-2-1-3-8-18)24(36)32-21(10-6-16-30-25(28)29)23(35)31-19-11-13-20(14-12-19)34(38)39;;/h1-3,7-8,11-14,21-22H,4-6,9-10,15-17,27H2,(H,31,35)(H,32,36)(H,33,37)(H4,28,29,30);2*1H/t21-,22-;;/m0../s1. The van der Waals surface area contributed by atoms with E-state index in [0.717, 1.165) is 5.56 Å². The molecule has 16 heteroatoms. The molecule has 0 aromatic heterocycles. The van der Waals surface area contributed by atoms with Crippen molar-refractivity contribution >= 4 is 60.1 Å². The van der Waals surface area contributed by atoms with Gasteiger partial charge in [0.2, 0.25) is 11.8 Å². The summed E-state index contributed by atoms with van der Waals surface area (Å²) in [5.74, 6) is -1.24. The number of anilines is 1. The molecule has 0 aliphatic heterocycles. The van der Waals surface area contributed by atoms with Gasteiger partial charge in [0.1, 0.15) is 18.7 Å². The zero-order valence-corrected chi connectivity index (χ0v) is 24.5. The first kappa shape index (κ1) is 37.9. The number of hydrogen-bond acceptors (Lipinski definition) is 8. The number of unbranched alkanes of at least 4 members (excludes halogenated alkanes) is 1. The smallest absolute Gasteiger partial charge is 0.408 e. The van der Waals surface area contributed by atoms with Gasteiger partial charge in [-0.3, -0.25) is 24.7 Å². The summed E-state index contributed by atoms with van der Waals surface area (Å²) < 4.78 is 5.25. The topological polar surface area (TPSA) is 230 Å². The van der Waals surface area contributed by atoms with Gasteiger partial charge in [0, 0.05) is 24.4 Å². The Morgan fingerprint density at radius 1 is 0.881 bits per heavy atom. The number of guanidine groups is 1. The minimum atomic E-state index is -1.02. The minimum Gasteiger partial charge on any atom is -0.445 e. The van der Waals surface area contributed by atoms with Crippen LogP contribution in [0.2, 0.25) is 0 Å². The molecule has 0 heterocycles. The Kier molecular flexibility index (Phi) is 18.7. The van der Waals surface area contributed by atoms with Crippen molar-refractivity contribution in [3.63, 3.8) is 0 Å². The number of rotatable bonds is 16. The lowest BCUT2D eigenvalue weighted by Crippen LogP contribution is -2.52. The number of nitrogens with two attached hydrogens (primary N) is 3. The molecule has 0 fully saturated rings. The van der Waals surface area contributed by atoms with Crippen LogP contribution in [0.1, 0.15) is 37.7 Å². The predicted molar refractivity (Wildman–Crippen MR) is 165 cm³/mol. The molecule has 0 radical (unpaired) electrons. The third kappa shape index (κ3) is 14.5. The van der Waals surface area contributed by atoms with Gasteiger partial charge in [-0.2, -0.15) is 0 Å². The SMILES string of the molecule is Cl.Cl.NCCCC[C@H](NC(=O)OCc1ccccc1)C(=O)N[C@@H](CCCN=C(N)N)C(=O)Nc1ccc([N+](=O)[O-])cc1. The van der Waals surface area contributed by atoms with Gasteiger partial charge >= 0.3 is 6.09 Å². The normalized spacial score (nSPS) is 11.4. The van der Waals surface area contributed by atoms with Crippen molar-refractivity contribution < 1.29 is 24.0 Å². The lowest BCUT2D eigenvalue weighted by molar-refractivity contribution is -0.384. The summed E-state index contributed by atoms with van der Waals surface area (Å²) in [6, 6.07) is 12.3. The van der Waals surface area contributed by atoms with Crippen LogP contribution >= 0.6 is 24.8 Å². The van der Waals surface area contributed by atoms with Crippen LogP contribution in [0.25, 0.3) is 0 Å². The number of nitrogens with one attached hydrogen (secondary N) is 3. The Bertz CT molecular complexity index is 1150. The second kappa shape index (κ2) is 20.7. The van der Waals surface area contributed by atoms with E-state index in [1.807, 2.05) is 18.2 Å². The number of amides is 3. The van der Waals surface area contributed by atoms with E-state index in [1.54, 1.807) is 12.1 Å². The summed E-state index contributed by atoms with van der Waals surface area (Å²) in [7, 11) is 0. The van der Waals surface area contributed by atoms with E-state index in [0.29, 0.717) is 31.5 Å². The van der Waals surface area contributed by atoms with Gasteiger partial charge in [0.05, 0.1) is 4.92 Å². The largest absolute Gasteiger partial charge is 0.445 e. The molecule has 2 aromatic rings. The van der Waals surface area contributed by atoms with Crippen LogP contribution in [0.3, 0.4) is 0 Å². The van der Waals surface area contributed by atoms with E-state index in [-0.39, 0.29) is 62.5 Å². The van der Waals surface area contributed by atoms with Gasteiger partial charge in [-0.1, -0.05) is 30.3 Å². The maximum atomic E-state index is 13.2. The van der Waals surface area contributed by atoms with Crippen molar-refractivity contribution in [1.29, 1.82) is 0 Å². The monoisotopic (exact) mass is 628 g/mol. The molecule has 0 unspecified atom stereocenters. The van der Waals surface area contributed by atoms with Crippen LogP contribution in [0.4, 0.5) is 16.2 Å². The van der Waals surface area contributed by atoms with Crippen molar-refractivity contribution in [3.8, 4) is 0 Å². The molecule has 0 saturated carbocycles. The van der Waals surface area contributed by atoms with E-state index in [1.165, 1.54) is 24.3 Å². The predicted octanol–water partition coefficient (Wildman–Crippen LogP) is 2.34. The molecule has 3 amide bonds. The maximum Gasteiger partial charge on any atom is 0.408 e. The third-order valence-corrected chi connectivity index (χ3v) is 5.69. The average molecular weight is 630 g/mol. The van der Waals surface area contributed by atoms with E-state index in [4.69, 9.17) is 21.9 Å². The molecule has 0 spiro atoms. The zero-order chi connectivity index (χ0) is 29.3. The number of carbonyl (C=O) groups excluding carboxylic acids is 3. The highest BCUT2D eigenvalue weighted by Gasteiger charge is 2.27. The van der Waals surface area contributed by atoms with E-state index in [9.17, 15) is 24.5 Å². The lowest BCUT2D eigenvalue weighted by Gasteiger charge is -2.23. The van der Waals surface area contributed by atoms with Gasteiger partial charge in [-0.05, 0) is 56.3 Å². The molecule has 42 heavy (non-hydrogen) atoms. The number of ether oxygens (including phenoxy) is 1.